The first kappa shape index (κ1) is 28.3. The number of ether oxygens (including phenoxy) is 2. The van der Waals surface area contributed by atoms with Gasteiger partial charge in [-0.25, -0.2) is 9.18 Å². The van der Waals surface area contributed by atoms with E-state index < -0.39 is 5.60 Å². The monoisotopic (exact) mass is 542 g/mol. The van der Waals surface area contributed by atoms with E-state index in [0.29, 0.717) is 57.3 Å². The van der Waals surface area contributed by atoms with Crippen molar-refractivity contribution in [1.82, 2.24) is 19.6 Å². The molecule has 1 unspecified atom stereocenters. The number of carbonyl (C=O) groups excluding carboxylic acids is 3. The van der Waals surface area contributed by atoms with Gasteiger partial charge < -0.3 is 24.4 Å². The van der Waals surface area contributed by atoms with E-state index in [1.54, 1.807) is 11.9 Å². The first-order chi connectivity index (χ1) is 18.6. The highest BCUT2D eigenvalue weighted by molar-refractivity contribution is 6.01. The zero-order valence-electron chi connectivity index (χ0n) is 22.3. The summed E-state index contributed by atoms with van der Waals surface area (Å²) in [7, 11) is 1.60. The Hall–Kier alpha value is -3.70. The van der Waals surface area contributed by atoms with Crippen molar-refractivity contribution in [2.45, 2.75) is 25.5 Å². The van der Waals surface area contributed by atoms with E-state index in [4.69, 9.17) is 9.47 Å². The second kappa shape index (κ2) is 12.4. The fraction of sp³-hybridized carbons (Fsp3) is 0.464. The third-order valence-corrected chi connectivity index (χ3v) is 6.81. The SMILES string of the molecule is CC(=O)N1CCN(Cc2ccc(OCCCN3C(=O)CN(C)C3=O)cc2)CC(O)(COc2ccc(F)cc2)C1. The summed E-state index contributed by atoms with van der Waals surface area (Å²) in [4.78, 5) is 42.3. The van der Waals surface area contributed by atoms with Gasteiger partial charge in [-0.1, -0.05) is 12.1 Å². The van der Waals surface area contributed by atoms with Crippen molar-refractivity contribution in [2.24, 2.45) is 0 Å². The Morgan fingerprint density at radius 3 is 2.31 bits per heavy atom. The molecule has 2 heterocycles. The topological polar surface area (TPSA) is 103 Å². The molecule has 210 valence electrons. The van der Waals surface area contributed by atoms with E-state index in [1.807, 2.05) is 24.3 Å². The molecular weight excluding hydrogens is 507 g/mol. The Balaban J connectivity index is 1.30. The lowest BCUT2D eigenvalue weighted by Crippen LogP contribution is -2.51. The van der Waals surface area contributed by atoms with Gasteiger partial charge in [-0.05, 0) is 48.4 Å². The molecule has 10 nitrogen and oxygen atoms in total. The number of urea groups is 1. The quantitative estimate of drug-likeness (QED) is 0.362. The minimum absolute atomic E-state index is 0.0450. The summed E-state index contributed by atoms with van der Waals surface area (Å²) in [6, 6.07) is 12.9. The summed E-state index contributed by atoms with van der Waals surface area (Å²) in [6.45, 7) is 4.28. The Kier molecular flexibility index (Phi) is 9.03. The lowest BCUT2D eigenvalue weighted by atomic mass is 10.0. The molecule has 2 aliphatic rings. The number of aliphatic hydroxyl groups is 1. The van der Waals surface area contributed by atoms with Crippen LogP contribution < -0.4 is 9.47 Å². The smallest absolute Gasteiger partial charge is 0.326 e. The number of benzene rings is 2. The van der Waals surface area contributed by atoms with Gasteiger partial charge in [0.05, 0.1) is 13.2 Å². The molecule has 2 fully saturated rings. The molecule has 0 spiro atoms. The van der Waals surface area contributed by atoms with Crippen LogP contribution in [0.3, 0.4) is 0 Å². The van der Waals surface area contributed by atoms with E-state index in [2.05, 4.69) is 4.90 Å². The summed E-state index contributed by atoms with van der Waals surface area (Å²) in [5.74, 6) is 0.433. The van der Waals surface area contributed by atoms with Crippen molar-refractivity contribution in [2.75, 3.05) is 59.5 Å². The minimum Gasteiger partial charge on any atom is -0.494 e. The number of imide groups is 1. The Morgan fingerprint density at radius 2 is 1.67 bits per heavy atom. The van der Waals surface area contributed by atoms with Gasteiger partial charge in [0.25, 0.3) is 0 Å². The van der Waals surface area contributed by atoms with Crippen LogP contribution in [0, 0.1) is 5.82 Å². The molecule has 0 bridgehead atoms. The largest absolute Gasteiger partial charge is 0.494 e. The maximum atomic E-state index is 13.2. The lowest BCUT2D eigenvalue weighted by molar-refractivity contribution is -0.132. The maximum Gasteiger partial charge on any atom is 0.326 e. The Labute approximate surface area is 227 Å². The average Bonchev–Trinajstić information content (AvgIpc) is 3.04. The second-order valence-electron chi connectivity index (χ2n) is 10.1. The molecule has 1 atom stereocenters. The van der Waals surface area contributed by atoms with E-state index in [0.717, 1.165) is 5.56 Å². The number of amides is 4. The van der Waals surface area contributed by atoms with Gasteiger partial charge in [-0.3, -0.25) is 19.4 Å². The molecular formula is C28H35FN4O6. The minimum atomic E-state index is -1.31. The van der Waals surface area contributed by atoms with Gasteiger partial charge in [-0.15, -0.1) is 0 Å². The van der Waals surface area contributed by atoms with Crippen molar-refractivity contribution >= 4 is 17.8 Å². The summed E-state index contributed by atoms with van der Waals surface area (Å²) in [5, 5.41) is 11.4. The molecule has 39 heavy (non-hydrogen) atoms. The zero-order chi connectivity index (χ0) is 28.0. The van der Waals surface area contributed by atoms with Crippen molar-refractivity contribution in [3.05, 3.63) is 59.9 Å². The summed E-state index contributed by atoms with van der Waals surface area (Å²) in [6.07, 6.45) is 0.534. The van der Waals surface area contributed by atoms with Crippen molar-refractivity contribution < 1.29 is 33.4 Å². The van der Waals surface area contributed by atoms with Gasteiger partial charge in [0.15, 0.2) is 0 Å². The van der Waals surface area contributed by atoms with Gasteiger partial charge in [0, 0.05) is 46.7 Å². The van der Waals surface area contributed by atoms with Crippen LogP contribution >= 0.6 is 0 Å². The zero-order valence-corrected chi connectivity index (χ0v) is 22.3. The van der Waals surface area contributed by atoms with Crippen LogP contribution in [-0.2, 0) is 16.1 Å². The first-order valence-electron chi connectivity index (χ1n) is 13.0. The number of hydrogen-bond donors (Lipinski definition) is 1. The number of β-amino-alcohol motifs (C(OH)–C–C–N with tert-alkyl or cyclic N) is 1. The number of likely N-dealkylation sites (N-methyl/N-ethyl adjacent to an activating group) is 1. The summed E-state index contributed by atoms with van der Waals surface area (Å²) in [5.41, 5.74) is -0.302. The molecule has 0 aromatic heterocycles. The Morgan fingerprint density at radius 1 is 1.00 bits per heavy atom. The fourth-order valence-electron chi connectivity index (χ4n) is 4.74. The van der Waals surface area contributed by atoms with Crippen LogP contribution in [0.2, 0.25) is 0 Å². The molecule has 2 aromatic rings. The normalized spacial score (nSPS) is 20.4. The van der Waals surface area contributed by atoms with E-state index >= 15 is 0 Å². The summed E-state index contributed by atoms with van der Waals surface area (Å²) >= 11 is 0. The number of rotatable bonds is 10. The van der Waals surface area contributed by atoms with Gasteiger partial charge in [-0.2, -0.15) is 0 Å². The van der Waals surface area contributed by atoms with Gasteiger partial charge in [0.1, 0.15) is 36.1 Å². The molecule has 2 aliphatic heterocycles. The van der Waals surface area contributed by atoms with Crippen molar-refractivity contribution in [3.8, 4) is 11.5 Å². The lowest BCUT2D eigenvalue weighted by Gasteiger charge is -2.32. The van der Waals surface area contributed by atoms with E-state index in [-0.39, 0.29) is 43.4 Å². The van der Waals surface area contributed by atoms with Crippen molar-refractivity contribution in [3.63, 3.8) is 0 Å². The van der Waals surface area contributed by atoms with Crippen LogP contribution in [-0.4, -0.2) is 108 Å². The van der Waals surface area contributed by atoms with E-state index in [1.165, 1.54) is 41.0 Å². The Bertz CT molecular complexity index is 1160. The molecule has 2 aromatic carbocycles. The molecule has 0 aliphatic carbocycles. The number of halogens is 1. The number of hydrogen-bond acceptors (Lipinski definition) is 7. The van der Waals surface area contributed by atoms with Gasteiger partial charge >= 0.3 is 6.03 Å². The third kappa shape index (κ3) is 7.67. The maximum absolute atomic E-state index is 13.2. The first-order valence-corrected chi connectivity index (χ1v) is 13.0. The molecule has 11 heteroatoms. The fourth-order valence-corrected chi connectivity index (χ4v) is 4.74. The number of nitrogens with zero attached hydrogens (tertiary/aromatic N) is 4. The van der Waals surface area contributed by atoms with Crippen LogP contribution in [0.25, 0.3) is 0 Å². The average molecular weight is 543 g/mol. The highest BCUT2D eigenvalue weighted by atomic mass is 19.1. The molecule has 4 rings (SSSR count). The highest BCUT2D eigenvalue weighted by Crippen LogP contribution is 2.21. The highest BCUT2D eigenvalue weighted by Gasteiger charge is 2.37. The number of carbonyl (C=O) groups is 3. The van der Waals surface area contributed by atoms with Crippen molar-refractivity contribution in [1.29, 1.82) is 0 Å². The summed E-state index contributed by atoms with van der Waals surface area (Å²) < 4.78 is 24.8. The standard InChI is InChI=1S/C28H35FN4O6/c1-21(34)32-14-13-31(18-28(37,19-32)20-39-25-10-6-23(29)7-11-25)16-22-4-8-24(9-5-22)38-15-3-12-33-26(35)17-30(2)27(33)36/h4-11,37H,3,12-20H2,1-2H3. The predicted octanol–water partition coefficient (Wildman–Crippen LogP) is 1.96. The molecule has 1 N–H and O–H groups in total. The third-order valence-electron chi connectivity index (χ3n) is 6.81. The predicted molar refractivity (Wildman–Crippen MR) is 141 cm³/mol. The molecule has 2 saturated heterocycles. The van der Waals surface area contributed by atoms with Crippen LogP contribution in [0.15, 0.2) is 48.5 Å². The van der Waals surface area contributed by atoms with Crippen LogP contribution in [0.4, 0.5) is 9.18 Å². The van der Waals surface area contributed by atoms with E-state index in [9.17, 15) is 23.9 Å². The van der Waals surface area contributed by atoms with Gasteiger partial charge in [0.2, 0.25) is 11.8 Å². The second-order valence-corrected chi connectivity index (χ2v) is 10.1. The molecule has 0 radical (unpaired) electrons. The molecule has 4 amide bonds. The van der Waals surface area contributed by atoms with Crippen LogP contribution in [0.5, 0.6) is 11.5 Å². The molecule has 0 saturated carbocycles. The van der Waals surface area contributed by atoms with Crippen LogP contribution in [0.1, 0.15) is 18.9 Å².